The molecule has 1 amide bonds. The fourth-order valence-electron chi connectivity index (χ4n) is 2.62. The van der Waals surface area contributed by atoms with E-state index in [-0.39, 0.29) is 11.9 Å². The number of thioether (sulfide) groups is 1. The number of hydrogen-bond donors (Lipinski definition) is 1. The summed E-state index contributed by atoms with van der Waals surface area (Å²) in [4.78, 5) is 13.6. The van der Waals surface area contributed by atoms with Crippen molar-refractivity contribution >= 4 is 17.7 Å². The second kappa shape index (κ2) is 9.66. The van der Waals surface area contributed by atoms with E-state index in [9.17, 15) is 4.79 Å². The number of nitrogens with one attached hydrogen (secondary N) is 1. The molecule has 2 aromatic rings. The van der Waals surface area contributed by atoms with Crippen LogP contribution in [-0.4, -0.2) is 17.1 Å². The third-order valence-corrected chi connectivity index (χ3v) is 5.07. The highest BCUT2D eigenvalue weighted by atomic mass is 32.2. The summed E-state index contributed by atoms with van der Waals surface area (Å²) in [5.41, 5.74) is 1.59. The van der Waals surface area contributed by atoms with Gasteiger partial charge in [-0.1, -0.05) is 44.0 Å². The van der Waals surface area contributed by atoms with E-state index < -0.39 is 0 Å². The van der Waals surface area contributed by atoms with Crippen molar-refractivity contribution < 1.29 is 9.32 Å². The predicted octanol–water partition coefficient (Wildman–Crippen LogP) is 5.22. The van der Waals surface area contributed by atoms with Gasteiger partial charge in [-0.05, 0) is 38.3 Å². The molecule has 4 nitrogen and oxygen atoms in total. The van der Waals surface area contributed by atoms with Crippen molar-refractivity contribution in [1.82, 2.24) is 10.5 Å². The maximum Gasteiger partial charge on any atom is 0.252 e. The average molecular weight is 361 g/mol. The molecule has 1 N–H and O–H groups in total. The summed E-state index contributed by atoms with van der Waals surface area (Å²) in [5, 5.41) is 7.02. The first-order valence-electron chi connectivity index (χ1n) is 8.90. The molecular formula is C20H28N2O2S. The highest BCUT2D eigenvalue weighted by molar-refractivity contribution is 7.98. The van der Waals surface area contributed by atoms with Crippen LogP contribution in [0.25, 0.3) is 0 Å². The van der Waals surface area contributed by atoms with Crippen molar-refractivity contribution in [2.75, 3.05) is 0 Å². The van der Waals surface area contributed by atoms with Gasteiger partial charge in [-0.3, -0.25) is 4.79 Å². The van der Waals surface area contributed by atoms with Gasteiger partial charge in [-0.2, -0.15) is 0 Å². The van der Waals surface area contributed by atoms with Gasteiger partial charge in [0.2, 0.25) is 0 Å². The summed E-state index contributed by atoms with van der Waals surface area (Å²) in [6, 6.07) is 9.82. The summed E-state index contributed by atoms with van der Waals surface area (Å²) < 4.78 is 5.24. The molecule has 0 bridgehead atoms. The minimum Gasteiger partial charge on any atom is -0.360 e. The fourth-order valence-corrected chi connectivity index (χ4v) is 3.54. The second-order valence-electron chi connectivity index (χ2n) is 6.92. The molecule has 2 rings (SSSR count). The molecule has 0 radical (unpaired) electrons. The Morgan fingerprint density at radius 2 is 2.00 bits per heavy atom. The van der Waals surface area contributed by atoms with Crippen molar-refractivity contribution in [3.05, 3.63) is 47.3 Å². The molecule has 0 saturated heterocycles. The maximum absolute atomic E-state index is 12.6. The minimum absolute atomic E-state index is 0.00565. The Balaban J connectivity index is 1.92. The number of nitrogens with zero attached hydrogens (tertiary/aromatic N) is 1. The number of benzene rings is 1. The van der Waals surface area contributed by atoms with Crippen LogP contribution in [0.1, 0.15) is 61.8 Å². The summed E-state index contributed by atoms with van der Waals surface area (Å²) in [6.45, 7) is 8.44. The lowest BCUT2D eigenvalue weighted by atomic mass is 10.0. The second-order valence-corrected chi connectivity index (χ2v) is 7.94. The molecule has 1 heterocycles. The monoisotopic (exact) mass is 360 g/mol. The van der Waals surface area contributed by atoms with E-state index in [1.165, 1.54) is 6.42 Å². The SMILES string of the molecule is Cc1cc(CSc2ccccc2C(=O)NC(C)CCCC(C)C)on1. The van der Waals surface area contributed by atoms with E-state index in [0.29, 0.717) is 11.7 Å². The Bertz CT molecular complexity index is 682. The lowest BCUT2D eigenvalue weighted by Crippen LogP contribution is -2.32. The van der Waals surface area contributed by atoms with Gasteiger partial charge in [0.25, 0.3) is 5.91 Å². The zero-order valence-electron chi connectivity index (χ0n) is 15.5. The number of carbonyl (C=O) groups excluding carboxylic acids is 1. The van der Waals surface area contributed by atoms with Gasteiger partial charge < -0.3 is 9.84 Å². The number of aromatic nitrogens is 1. The quantitative estimate of drug-likeness (QED) is 0.623. The number of amides is 1. The Hall–Kier alpha value is -1.75. The summed E-state index contributed by atoms with van der Waals surface area (Å²) in [7, 11) is 0. The number of carbonyl (C=O) groups is 1. The molecule has 1 aromatic carbocycles. The first-order valence-corrected chi connectivity index (χ1v) is 9.89. The van der Waals surface area contributed by atoms with E-state index >= 15 is 0 Å². The molecule has 0 fully saturated rings. The van der Waals surface area contributed by atoms with Gasteiger partial charge in [0.05, 0.1) is 17.0 Å². The molecule has 25 heavy (non-hydrogen) atoms. The third kappa shape index (κ3) is 6.58. The van der Waals surface area contributed by atoms with Crippen LogP contribution in [0.5, 0.6) is 0 Å². The average Bonchev–Trinajstić information content (AvgIpc) is 2.98. The van der Waals surface area contributed by atoms with Crippen molar-refractivity contribution in [2.45, 2.75) is 63.6 Å². The number of rotatable bonds is 9. The lowest BCUT2D eigenvalue weighted by Gasteiger charge is -2.16. The minimum atomic E-state index is -0.00565. The molecule has 136 valence electrons. The molecule has 0 aliphatic rings. The van der Waals surface area contributed by atoms with E-state index in [1.807, 2.05) is 37.3 Å². The number of aryl methyl sites for hydroxylation is 1. The zero-order chi connectivity index (χ0) is 18.2. The lowest BCUT2D eigenvalue weighted by molar-refractivity contribution is 0.0935. The van der Waals surface area contributed by atoms with Crippen molar-refractivity contribution in [1.29, 1.82) is 0 Å². The molecular weight excluding hydrogens is 332 g/mol. The smallest absolute Gasteiger partial charge is 0.252 e. The van der Waals surface area contributed by atoms with E-state index in [0.717, 1.165) is 34.8 Å². The van der Waals surface area contributed by atoms with E-state index in [2.05, 4.69) is 31.2 Å². The Morgan fingerprint density at radius 1 is 1.24 bits per heavy atom. The molecule has 5 heteroatoms. The van der Waals surface area contributed by atoms with E-state index in [1.54, 1.807) is 11.8 Å². The highest BCUT2D eigenvalue weighted by Crippen LogP contribution is 2.26. The summed E-state index contributed by atoms with van der Waals surface area (Å²) in [5.74, 6) is 2.18. The van der Waals surface area contributed by atoms with Crippen LogP contribution in [0.4, 0.5) is 0 Å². The van der Waals surface area contributed by atoms with Gasteiger partial charge in [0.15, 0.2) is 0 Å². The molecule has 0 aliphatic heterocycles. The summed E-state index contributed by atoms with van der Waals surface area (Å²) >= 11 is 1.60. The standard InChI is InChI=1S/C20H28N2O2S/c1-14(2)8-7-9-15(3)21-20(23)18-10-5-6-11-19(18)25-13-17-12-16(4)22-24-17/h5-6,10-12,14-15H,7-9,13H2,1-4H3,(H,21,23). The molecule has 0 saturated carbocycles. The van der Waals surface area contributed by atoms with Gasteiger partial charge in [0.1, 0.15) is 5.76 Å². The molecule has 1 unspecified atom stereocenters. The Labute approximate surface area is 154 Å². The fraction of sp³-hybridized carbons (Fsp3) is 0.500. The van der Waals surface area contributed by atoms with Crippen LogP contribution in [0.15, 0.2) is 39.8 Å². The van der Waals surface area contributed by atoms with Gasteiger partial charge >= 0.3 is 0 Å². The molecule has 0 aliphatic carbocycles. The van der Waals surface area contributed by atoms with Gasteiger partial charge in [0, 0.05) is 17.0 Å². The molecule has 0 spiro atoms. The normalized spacial score (nSPS) is 12.4. The van der Waals surface area contributed by atoms with Crippen LogP contribution in [0.3, 0.4) is 0 Å². The predicted molar refractivity (Wildman–Crippen MR) is 103 cm³/mol. The molecule has 1 aromatic heterocycles. The number of hydrogen-bond acceptors (Lipinski definition) is 4. The van der Waals surface area contributed by atoms with E-state index in [4.69, 9.17) is 4.52 Å². The highest BCUT2D eigenvalue weighted by Gasteiger charge is 2.14. The topological polar surface area (TPSA) is 55.1 Å². The van der Waals surface area contributed by atoms with Crippen LogP contribution in [0.2, 0.25) is 0 Å². The summed E-state index contributed by atoms with van der Waals surface area (Å²) in [6.07, 6.45) is 3.35. The van der Waals surface area contributed by atoms with Crippen LogP contribution < -0.4 is 5.32 Å². The largest absolute Gasteiger partial charge is 0.360 e. The van der Waals surface area contributed by atoms with Crippen LogP contribution in [-0.2, 0) is 5.75 Å². The Morgan fingerprint density at radius 3 is 2.68 bits per heavy atom. The first kappa shape index (κ1) is 19.6. The van der Waals surface area contributed by atoms with Crippen LogP contribution in [0, 0.1) is 12.8 Å². The Kier molecular flexibility index (Phi) is 7.56. The zero-order valence-corrected chi connectivity index (χ0v) is 16.4. The van der Waals surface area contributed by atoms with Crippen molar-refractivity contribution in [3.8, 4) is 0 Å². The third-order valence-electron chi connectivity index (χ3n) is 3.97. The first-order chi connectivity index (χ1) is 12.0. The van der Waals surface area contributed by atoms with Crippen LogP contribution >= 0.6 is 11.8 Å². The van der Waals surface area contributed by atoms with Gasteiger partial charge in [-0.15, -0.1) is 11.8 Å². The van der Waals surface area contributed by atoms with Gasteiger partial charge in [-0.25, -0.2) is 0 Å². The van der Waals surface area contributed by atoms with Crippen molar-refractivity contribution in [3.63, 3.8) is 0 Å². The molecule has 1 atom stereocenters. The maximum atomic E-state index is 12.6. The van der Waals surface area contributed by atoms with Crippen molar-refractivity contribution in [2.24, 2.45) is 5.92 Å².